The molecule has 3 rings (SSSR count). The minimum Gasteiger partial charge on any atom is -0.461 e. The van der Waals surface area contributed by atoms with E-state index in [1.807, 2.05) is 18.2 Å². The summed E-state index contributed by atoms with van der Waals surface area (Å²) in [5, 5.41) is 13.1. The van der Waals surface area contributed by atoms with Crippen LogP contribution in [0.25, 0.3) is 11.5 Å². The smallest absolute Gasteiger partial charge is 0.202 e. The predicted molar refractivity (Wildman–Crippen MR) is 55.5 cm³/mol. The zero-order valence-corrected chi connectivity index (χ0v) is 8.67. The molecule has 5 nitrogen and oxygen atoms in total. The highest BCUT2D eigenvalue weighted by atomic mass is 16.5. The second kappa shape index (κ2) is 3.77. The van der Waals surface area contributed by atoms with Crippen molar-refractivity contribution in [1.29, 1.82) is 0 Å². The van der Waals surface area contributed by atoms with E-state index in [4.69, 9.17) is 14.0 Å². The van der Waals surface area contributed by atoms with Crippen LogP contribution in [0.5, 0.6) is 0 Å². The Morgan fingerprint density at radius 1 is 1.44 bits per heavy atom. The third kappa shape index (κ3) is 1.75. The number of aliphatic hydroxyl groups excluding tert-OH is 1. The van der Waals surface area contributed by atoms with Crippen LogP contribution >= 0.6 is 0 Å². The molecule has 1 aliphatic rings. The molecule has 0 radical (unpaired) electrons. The summed E-state index contributed by atoms with van der Waals surface area (Å²) < 4.78 is 10.4. The molecular weight excluding hydrogens is 208 g/mol. The van der Waals surface area contributed by atoms with E-state index >= 15 is 0 Å². The first-order chi connectivity index (χ1) is 7.81. The Balaban J connectivity index is 1.69. The summed E-state index contributed by atoms with van der Waals surface area (Å²) >= 11 is 0. The summed E-state index contributed by atoms with van der Waals surface area (Å²) in [5.74, 6) is 1.32. The second-order valence-electron chi connectivity index (χ2n) is 4.01. The van der Waals surface area contributed by atoms with E-state index in [-0.39, 0.29) is 6.10 Å². The van der Waals surface area contributed by atoms with Crippen molar-refractivity contribution in [2.75, 3.05) is 13.1 Å². The van der Waals surface area contributed by atoms with Gasteiger partial charge in [0.1, 0.15) is 0 Å². The fourth-order valence-corrected chi connectivity index (χ4v) is 1.82. The quantitative estimate of drug-likeness (QED) is 0.839. The zero-order chi connectivity index (χ0) is 11.0. The van der Waals surface area contributed by atoms with E-state index in [2.05, 4.69) is 10.1 Å². The standard InChI is InChI=1S/C11H12N2O3/c14-9-6-13(7-9)5-8-4-11(16-12-8)10-2-1-3-15-10/h1-4,9,14H,5-7H2. The summed E-state index contributed by atoms with van der Waals surface area (Å²) in [7, 11) is 0. The van der Waals surface area contributed by atoms with Crippen LogP contribution in [0.2, 0.25) is 0 Å². The summed E-state index contributed by atoms with van der Waals surface area (Å²) in [6.45, 7) is 2.13. The van der Waals surface area contributed by atoms with Gasteiger partial charge in [0.25, 0.3) is 0 Å². The van der Waals surface area contributed by atoms with Crippen molar-refractivity contribution in [1.82, 2.24) is 10.1 Å². The van der Waals surface area contributed by atoms with E-state index in [1.165, 1.54) is 0 Å². The Hall–Kier alpha value is -1.59. The van der Waals surface area contributed by atoms with Crippen LogP contribution in [-0.2, 0) is 6.54 Å². The maximum absolute atomic E-state index is 9.15. The number of hydrogen-bond acceptors (Lipinski definition) is 5. The van der Waals surface area contributed by atoms with Gasteiger partial charge in [-0.25, -0.2) is 0 Å². The van der Waals surface area contributed by atoms with Gasteiger partial charge in [-0.15, -0.1) is 0 Å². The molecule has 0 bridgehead atoms. The maximum atomic E-state index is 9.15. The molecule has 1 aliphatic heterocycles. The Bertz CT molecular complexity index is 457. The Morgan fingerprint density at radius 2 is 2.31 bits per heavy atom. The van der Waals surface area contributed by atoms with Gasteiger partial charge >= 0.3 is 0 Å². The molecular formula is C11H12N2O3. The van der Waals surface area contributed by atoms with Gasteiger partial charge in [-0.05, 0) is 12.1 Å². The Kier molecular flexibility index (Phi) is 2.27. The van der Waals surface area contributed by atoms with E-state index in [1.54, 1.807) is 6.26 Å². The first-order valence-electron chi connectivity index (χ1n) is 5.21. The molecule has 1 saturated heterocycles. The average molecular weight is 220 g/mol. The van der Waals surface area contributed by atoms with Crippen molar-refractivity contribution >= 4 is 0 Å². The van der Waals surface area contributed by atoms with Crippen LogP contribution in [-0.4, -0.2) is 34.4 Å². The third-order valence-corrected chi connectivity index (χ3v) is 2.65. The molecule has 84 valence electrons. The van der Waals surface area contributed by atoms with Crippen LogP contribution in [0, 0.1) is 0 Å². The molecule has 0 amide bonds. The number of likely N-dealkylation sites (tertiary alicyclic amines) is 1. The summed E-state index contributed by atoms with van der Waals surface area (Å²) in [6, 6.07) is 5.50. The molecule has 1 N–H and O–H groups in total. The zero-order valence-electron chi connectivity index (χ0n) is 8.67. The average Bonchev–Trinajstić information content (AvgIpc) is 2.84. The van der Waals surface area contributed by atoms with Crippen LogP contribution in [0.1, 0.15) is 5.69 Å². The number of furan rings is 1. The number of aromatic nitrogens is 1. The van der Waals surface area contributed by atoms with E-state index < -0.39 is 0 Å². The van der Waals surface area contributed by atoms with Crippen molar-refractivity contribution in [3.05, 3.63) is 30.2 Å². The van der Waals surface area contributed by atoms with Crippen molar-refractivity contribution in [2.24, 2.45) is 0 Å². The van der Waals surface area contributed by atoms with Crippen LogP contribution < -0.4 is 0 Å². The van der Waals surface area contributed by atoms with Crippen LogP contribution in [0.15, 0.2) is 33.4 Å². The van der Waals surface area contributed by atoms with Crippen molar-refractivity contribution in [2.45, 2.75) is 12.6 Å². The lowest BCUT2D eigenvalue weighted by Gasteiger charge is -2.34. The monoisotopic (exact) mass is 220 g/mol. The van der Waals surface area contributed by atoms with E-state index in [0.29, 0.717) is 31.2 Å². The molecule has 0 aromatic carbocycles. The van der Waals surface area contributed by atoms with Gasteiger partial charge in [0.2, 0.25) is 5.76 Å². The summed E-state index contributed by atoms with van der Waals surface area (Å²) in [4.78, 5) is 2.11. The number of aliphatic hydroxyl groups is 1. The van der Waals surface area contributed by atoms with Gasteiger partial charge < -0.3 is 14.0 Å². The minimum atomic E-state index is -0.184. The second-order valence-corrected chi connectivity index (χ2v) is 4.01. The molecule has 3 heterocycles. The number of β-amino-alcohol motifs (C(OH)–C–C–N with tert-alkyl or cyclic N) is 1. The molecule has 1 fully saturated rings. The maximum Gasteiger partial charge on any atom is 0.202 e. The third-order valence-electron chi connectivity index (χ3n) is 2.65. The Labute approximate surface area is 92.3 Å². The van der Waals surface area contributed by atoms with Gasteiger partial charge in [-0.2, -0.15) is 0 Å². The van der Waals surface area contributed by atoms with Crippen molar-refractivity contribution < 1.29 is 14.0 Å². The molecule has 2 aromatic rings. The lowest BCUT2D eigenvalue weighted by atomic mass is 10.1. The highest BCUT2D eigenvalue weighted by molar-refractivity contribution is 5.49. The van der Waals surface area contributed by atoms with E-state index in [0.717, 1.165) is 5.69 Å². The highest BCUT2D eigenvalue weighted by Crippen LogP contribution is 2.22. The molecule has 5 heteroatoms. The topological polar surface area (TPSA) is 62.6 Å². The number of hydrogen-bond donors (Lipinski definition) is 1. The SMILES string of the molecule is OC1CN(Cc2cc(-c3ccco3)on2)C1. The van der Waals surface area contributed by atoms with Gasteiger partial charge in [0.15, 0.2) is 5.76 Å². The Morgan fingerprint density at radius 3 is 3.00 bits per heavy atom. The number of rotatable bonds is 3. The first kappa shape index (κ1) is 9.62. The minimum absolute atomic E-state index is 0.184. The van der Waals surface area contributed by atoms with Crippen LogP contribution in [0.4, 0.5) is 0 Å². The molecule has 2 aromatic heterocycles. The van der Waals surface area contributed by atoms with Crippen molar-refractivity contribution in [3.63, 3.8) is 0 Å². The van der Waals surface area contributed by atoms with Gasteiger partial charge in [-0.3, -0.25) is 4.90 Å². The summed E-state index contributed by atoms with van der Waals surface area (Å²) in [5.41, 5.74) is 0.860. The largest absolute Gasteiger partial charge is 0.461 e. The predicted octanol–water partition coefficient (Wildman–Crippen LogP) is 1.11. The van der Waals surface area contributed by atoms with Crippen molar-refractivity contribution in [3.8, 4) is 11.5 Å². The molecule has 16 heavy (non-hydrogen) atoms. The fraction of sp³-hybridized carbons (Fsp3) is 0.364. The summed E-state index contributed by atoms with van der Waals surface area (Å²) in [6.07, 6.45) is 1.42. The molecule has 0 saturated carbocycles. The van der Waals surface area contributed by atoms with Crippen LogP contribution in [0.3, 0.4) is 0 Å². The lowest BCUT2D eigenvalue weighted by Crippen LogP contribution is -2.49. The highest BCUT2D eigenvalue weighted by Gasteiger charge is 2.25. The molecule has 0 aliphatic carbocycles. The lowest BCUT2D eigenvalue weighted by molar-refractivity contribution is -0.00399. The molecule has 0 spiro atoms. The molecule has 0 atom stereocenters. The van der Waals surface area contributed by atoms with E-state index in [9.17, 15) is 0 Å². The van der Waals surface area contributed by atoms with Gasteiger partial charge in [0, 0.05) is 25.7 Å². The molecule has 0 unspecified atom stereocenters. The fourth-order valence-electron chi connectivity index (χ4n) is 1.82. The number of nitrogens with zero attached hydrogens (tertiary/aromatic N) is 2. The van der Waals surface area contributed by atoms with Gasteiger partial charge in [-0.1, -0.05) is 5.16 Å². The first-order valence-corrected chi connectivity index (χ1v) is 5.21. The van der Waals surface area contributed by atoms with Gasteiger partial charge in [0.05, 0.1) is 18.1 Å². The normalized spacial score (nSPS) is 17.6.